The van der Waals surface area contributed by atoms with Crippen molar-refractivity contribution in [3.05, 3.63) is 29.8 Å². The molecule has 2 aliphatic rings. The van der Waals surface area contributed by atoms with Crippen molar-refractivity contribution in [1.82, 2.24) is 15.1 Å². The topological polar surface area (TPSA) is 87.9 Å². The van der Waals surface area contributed by atoms with Crippen molar-refractivity contribution < 1.29 is 14.3 Å². The van der Waals surface area contributed by atoms with Crippen LogP contribution >= 0.6 is 12.4 Å². The Morgan fingerprint density at radius 3 is 2.48 bits per heavy atom. The first-order valence-electron chi connectivity index (χ1n) is 8.38. The van der Waals surface area contributed by atoms with Crippen molar-refractivity contribution >= 4 is 24.2 Å². The van der Waals surface area contributed by atoms with Gasteiger partial charge < -0.3 is 20.7 Å². The molecule has 8 heteroatoms. The van der Waals surface area contributed by atoms with Gasteiger partial charge in [0.15, 0.2) is 6.61 Å². The summed E-state index contributed by atoms with van der Waals surface area (Å²) in [6.45, 7) is 5.59. The number of hydrogen-bond acceptors (Lipinski definition) is 5. The van der Waals surface area contributed by atoms with Crippen LogP contribution in [-0.4, -0.2) is 73.5 Å². The van der Waals surface area contributed by atoms with E-state index in [4.69, 9.17) is 10.5 Å². The Morgan fingerprint density at radius 2 is 1.84 bits per heavy atom. The summed E-state index contributed by atoms with van der Waals surface area (Å²) in [7, 11) is 0. The number of likely N-dealkylation sites (tertiary alicyclic amines) is 1. The molecule has 0 saturated carbocycles. The molecule has 7 nitrogen and oxygen atoms in total. The van der Waals surface area contributed by atoms with Gasteiger partial charge >= 0.3 is 0 Å². The fourth-order valence-electron chi connectivity index (χ4n) is 3.30. The van der Waals surface area contributed by atoms with Crippen molar-refractivity contribution in [2.75, 3.05) is 45.9 Å². The highest BCUT2D eigenvalue weighted by atomic mass is 35.5. The summed E-state index contributed by atoms with van der Waals surface area (Å²) in [6, 6.07) is 7.32. The maximum atomic E-state index is 12.6. The molecule has 2 fully saturated rings. The fourth-order valence-corrected chi connectivity index (χ4v) is 3.30. The van der Waals surface area contributed by atoms with E-state index in [0.29, 0.717) is 17.4 Å². The SMILES string of the molecule is Cl.NC(=O)COc1ccc(C(=O)N2CCC(N3CCNCC3)C2)cc1. The molecule has 138 valence electrons. The van der Waals surface area contributed by atoms with Crippen LogP contribution in [0.4, 0.5) is 0 Å². The maximum Gasteiger partial charge on any atom is 0.255 e. The number of hydrogen-bond donors (Lipinski definition) is 2. The molecule has 2 aliphatic heterocycles. The molecule has 25 heavy (non-hydrogen) atoms. The highest BCUT2D eigenvalue weighted by molar-refractivity contribution is 5.94. The van der Waals surface area contributed by atoms with Gasteiger partial charge in [0.1, 0.15) is 5.75 Å². The number of benzene rings is 1. The van der Waals surface area contributed by atoms with Gasteiger partial charge in [-0.05, 0) is 30.7 Å². The van der Waals surface area contributed by atoms with Crippen molar-refractivity contribution in [2.45, 2.75) is 12.5 Å². The third-order valence-corrected chi connectivity index (χ3v) is 4.60. The molecular weight excluding hydrogens is 344 g/mol. The summed E-state index contributed by atoms with van der Waals surface area (Å²) in [5, 5.41) is 3.36. The molecule has 0 spiro atoms. The summed E-state index contributed by atoms with van der Waals surface area (Å²) < 4.78 is 5.21. The van der Waals surface area contributed by atoms with Gasteiger partial charge in [-0.25, -0.2) is 0 Å². The van der Waals surface area contributed by atoms with Crippen LogP contribution in [0.3, 0.4) is 0 Å². The average molecular weight is 369 g/mol. The second-order valence-electron chi connectivity index (χ2n) is 6.26. The summed E-state index contributed by atoms with van der Waals surface area (Å²) in [4.78, 5) is 27.7. The molecule has 2 heterocycles. The molecule has 1 atom stereocenters. The lowest BCUT2D eigenvalue weighted by molar-refractivity contribution is -0.119. The van der Waals surface area contributed by atoms with Gasteiger partial charge in [0, 0.05) is 50.9 Å². The molecule has 3 rings (SSSR count). The van der Waals surface area contributed by atoms with Crippen LogP contribution in [0, 0.1) is 0 Å². The largest absolute Gasteiger partial charge is 0.484 e. The first-order chi connectivity index (χ1) is 11.6. The molecule has 1 unspecified atom stereocenters. The first kappa shape index (κ1) is 19.5. The Hall–Kier alpha value is -1.83. The predicted molar refractivity (Wildman–Crippen MR) is 97.1 cm³/mol. The lowest BCUT2D eigenvalue weighted by Gasteiger charge is -2.32. The van der Waals surface area contributed by atoms with Crippen LogP contribution in [0.2, 0.25) is 0 Å². The number of rotatable bonds is 5. The minimum Gasteiger partial charge on any atom is -0.484 e. The van der Waals surface area contributed by atoms with Crippen LogP contribution in [0.1, 0.15) is 16.8 Å². The van der Waals surface area contributed by atoms with Crippen LogP contribution in [0.5, 0.6) is 5.75 Å². The number of nitrogens with one attached hydrogen (secondary N) is 1. The standard InChI is InChI=1S/C17H24N4O3.ClH/c18-16(22)12-24-15-3-1-13(2-4-15)17(23)21-8-5-14(11-21)20-9-6-19-7-10-20;/h1-4,14,19H,5-12H2,(H2,18,22);1H. The van der Waals surface area contributed by atoms with Crippen LogP contribution in [0.25, 0.3) is 0 Å². The zero-order chi connectivity index (χ0) is 16.9. The van der Waals surface area contributed by atoms with Gasteiger partial charge in [0.2, 0.25) is 0 Å². The quantitative estimate of drug-likeness (QED) is 0.769. The molecule has 0 aromatic heterocycles. The average Bonchev–Trinajstić information content (AvgIpc) is 3.10. The Bertz CT molecular complexity index is 590. The molecule has 2 amide bonds. The number of piperazine rings is 1. The molecular formula is C17H25ClN4O3. The van der Waals surface area contributed by atoms with E-state index in [1.807, 2.05) is 4.90 Å². The summed E-state index contributed by atoms with van der Waals surface area (Å²) in [6.07, 6.45) is 1.03. The summed E-state index contributed by atoms with van der Waals surface area (Å²) >= 11 is 0. The lowest BCUT2D eigenvalue weighted by atomic mass is 10.2. The zero-order valence-electron chi connectivity index (χ0n) is 14.1. The fraction of sp³-hybridized carbons (Fsp3) is 0.529. The molecule has 1 aromatic carbocycles. The summed E-state index contributed by atoms with van der Waals surface area (Å²) in [5.74, 6) is 0.0609. The molecule has 1 aromatic rings. The molecule has 0 aliphatic carbocycles. The van der Waals surface area contributed by atoms with E-state index in [0.717, 1.165) is 45.7 Å². The highest BCUT2D eigenvalue weighted by Gasteiger charge is 2.31. The van der Waals surface area contributed by atoms with Gasteiger partial charge in [0.05, 0.1) is 0 Å². The second-order valence-corrected chi connectivity index (χ2v) is 6.26. The van der Waals surface area contributed by atoms with Gasteiger partial charge in [-0.15, -0.1) is 12.4 Å². The maximum absolute atomic E-state index is 12.6. The van der Waals surface area contributed by atoms with Gasteiger partial charge in [-0.2, -0.15) is 0 Å². The highest BCUT2D eigenvalue weighted by Crippen LogP contribution is 2.20. The van der Waals surface area contributed by atoms with Crippen LogP contribution in [-0.2, 0) is 4.79 Å². The molecule has 3 N–H and O–H groups in total. The molecule has 2 saturated heterocycles. The van der Waals surface area contributed by atoms with E-state index >= 15 is 0 Å². The second kappa shape index (κ2) is 9.03. The normalized spacial score (nSPS) is 20.8. The van der Waals surface area contributed by atoms with Crippen LogP contribution < -0.4 is 15.8 Å². The van der Waals surface area contributed by atoms with Gasteiger partial charge in [0.25, 0.3) is 11.8 Å². The van der Waals surface area contributed by atoms with E-state index in [1.54, 1.807) is 24.3 Å². The third-order valence-electron chi connectivity index (χ3n) is 4.60. The van der Waals surface area contributed by atoms with Gasteiger partial charge in [-0.1, -0.05) is 0 Å². The predicted octanol–water partition coefficient (Wildman–Crippen LogP) is 0.0922. The zero-order valence-corrected chi connectivity index (χ0v) is 15.0. The molecule has 0 bridgehead atoms. The van der Waals surface area contributed by atoms with E-state index in [9.17, 15) is 9.59 Å². The minimum atomic E-state index is -0.522. The number of amides is 2. The van der Waals surface area contributed by atoms with E-state index < -0.39 is 5.91 Å². The lowest BCUT2D eigenvalue weighted by Crippen LogP contribution is -2.49. The Kier molecular flexibility index (Phi) is 7.04. The van der Waals surface area contributed by atoms with E-state index in [2.05, 4.69) is 10.2 Å². The smallest absolute Gasteiger partial charge is 0.255 e. The van der Waals surface area contributed by atoms with E-state index in [1.165, 1.54) is 0 Å². The summed E-state index contributed by atoms with van der Waals surface area (Å²) in [5.41, 5.74) is 5.68. The number of nitrogens with zero attached hydrogens (tertiary/aromatic N) is 2. The number of carbonyl (C=O) groups excluding carboxylic acids is 2. The van der Waals surface area contributed by atoms with Crippen molar-refractivity contribution in [3.63, 3.8) is 0 Å². The Balaban J connectivity index is 0.00000225. The van der Waals surface area contributed by atoms with Crippen molar-refractivity contribution in [1.29, 1.82) is 0 Å². The number of primary amides is 1. The number of nitrogens with two attached hydrogens (primary N) is 1. The molecule has 0 radical (unpaired) electrons. The Morgan fingerprint density at radius 1 is 1.16 bits per heavy atom. The minimum absolute atomic E-state index is 0. The monoisotopic (exact) mass is 368 g/mol. The number of ether oxygens (including phenoxy) is 1. The van der Waals surface area contributed by atoms with E-state index in [-0.39, 0.29) is 24.9 Å². The third kappa shape index (κ3) is 5.07. The first-order valence-corrected chi connectivity index (χ1v) is 8.38. The number of carbonyl (C=O) groups is 2. The Labute approximate surface area is 153 Å². The van der Waals surface area contributed by atoms with Crippen molar-refractivity contribution in [2.24, 2.45) is 5.73 Å². The van der Waals surface area contributed by atoms with Crippen LogP contribution in [0.15, 0.2) is 24.3 Å². The van der Waals surface area contributed by atoms with Crippen molar-refractivity contribution in [3.8, 4) is 5.75 Å². The number of halogens is 1. The van der Waals surface area contributed by atoms with Gasteiger partial charge in [-0.3, -0.25) is 14.5 Å².